The van der Waals surface area contributed by atoms with Gasteiger partial charge in [-0.1, -0.05) is 0 Å². The van der Waals surface area contributed by atoms with Gasteiger partial charge in [0.25, 0.3) is 0 Å². The van der Waals surface area contributed by atoms with Gasteiger partial charge in [-0.25, -0.2) is 0 Å². The summed E-state index contributed by atoms with van der Waals surface area (Å²) >= 11 is 0. The number of nitriles is 1. The average molecular weight is 230 g/mol. The summed E-state index contributed by atoms with van der Waals surface area (Å²) in [6, 6.07) is 9.24. The summed E-state index contributed by atoms with van der Waals surface area (Å²) in [5.41, 5.74) is 1.21. The molecule has 1 fully saturated rings. The van der Waals surface area contributed by atoms with E-state index < -0.39 is 0 Å². The molecule has 17 heavy (non-hydrogen) atoms. The number of esters is 1. The number of anilines is 1. The lowest BCUT2D eigenvalue weighted by molar-refractivity contribution is -0.146. The molecule has 1 aliphatic rings. The normalized spacial score (nSPS) is 15.8. The first-order valence-electron chi connectivity index (χ1n) is 5.53. The van der Waals surface area contributed by atoms with Crippen molar-refractivity contribution in [1.29, 1.82) is 5.26 Å². The minimum atomic E-state index is -0.331. The van der Waals surface area contributed by atoms with Crippen LogP contribution in [-0.4, -0.2) is 19.6 Å². The van der Waals surface area contributed by atoms with E-state index in [9.17, 15) is 4.79 Å². The van der Waals surface area contributed by atoms with E-state index in [4.69, 9.17) is 10.00 Å². The van der Waals surface area contributed by atoms with E-state index in [1.165, 1.54) is 7.11 Å². The Labute approximate surface area is 100 Å². The van der Waals surface area contributed by atoms with Crippen LogP contribution in [0.15, 0.2) is 24.3 Å². The Morgan fingerprint density at radius 1 is 1.47 bits per heavy atom. The standard InChI is InChI=1S/C13H14N2O2/c1-17-12(16)13(6-7-13)9-15-11-4-2-10(8-14)3-5-11/h2-5,15H,6-7,9H2,1H3. The van der Waals surface area contributed by atoms with Crippen molar-refractivity contribution in [3.05, 3.63) is 29.8 Å². The molecule has 0 amide bonds. The molecule has 0 aromatic heterocycles. The molecule has 0 atom stereocenters. The van der Waals surface area contributed by atoms with Crippen molar-refractivity contribution >= 4 is 11.7 Å². The zero-order valence-electron chi connectivity index (χ0n) is 9.69. The number of rotatable bonds is 4. The van der Waals surface area contributed by atoms with E-state index in [2.05, 4.69) is 11.4 Å². The van der Waals surface area contributed by atoms with Gasteiger partial charge in [0, 0.05) is 12.2 Å². The Hall–Kier alpha value is -2.02. The molecule has 4 heteroatoms. The quantitative estimate of drug-likeness (QED) is 0.803. The number of ether oxygens (including phenoxy) is 1. The van der Waals surface area contributed by atoms with Crippen molar-refractivity contribution in [2.45, 2.75) is 12.8 Å². The van der Waals surface area contributed by atoms with Crippen LogP contribution in [-0.2, 0) is 9.53 Å². The van der Waals surface area contributed by atoms with Crippen molar-refractivity contribution in [1.82, 2.24) is 0 Å². The number of methoxy groups -OCH3 is 1. The maximum atomic E-state index is 11.5. The van der Waals surface area contributed by atoms with Gasteiger partial charge in [0.1, 0.15) is 0 Å². The summed E-state index contributed by atoms with van der Waals surface area (Å²) in [7, 11) is 1.42. The van der Waals surface area contributed by atoms with Gasteiger partial charge in [-0.05, 0) is 37.1 Å². The van der Waals surface area contributed by atoms with Crippen molar-refractivity contribution in [2.24, 2.45) is 5.41 Å². The minimum Gasteiger partial charge on any atom is -0.469 e. The third-order valence-corrected chi connectivity index (χ3v) is 3.12. The molecule has 1 N–H and O–H groups in total. The smallest absolute Gasteiger partial charge is 0.313 e. The molecule has 0 radical (unpaired) electrons. The summed E-state index contributed by atoms with van der Waals surface area (Å²) in [6.07, 6.45) is 1.76. The highest BCUT2D eigenvalue weighted by Gasteiger charge is 2.50. The average Bonchev–Trinajstić information content (AvgIpc) is 3.17. The van der Waals surface area contributed by atoms with Crippen molar-refractivity contribution in [3.63, 3.8) is 0 Å². The zero-order valence-corrected chi connectivity index (χ0v) is 9.69. The molecule has 0 spiro atoms. The van der Waals surface area contributed by atoms with Crippen LogP contribution >= 0.6 is 0 Å². The third-order valence-electron chi connectivity index (χ3n) is 3.12. The van der Waals surface area contributed by atoms with Gasteiger partial charge in [0.05, 0.1) is 24.2 Å². The second-order valence-electron chi connectivity index (χ2n) is 4.31. The maximum Gasteiger partial charge on any atom is 0.313 e. The first-order chi connectivity index (χ1) is 8.20. The van der Waals surface area contributed by atoms with Crippen LogP contribution in [0.25, 0.3) is 0 Å². The molecule has 2 rings (SSSR count). The lowest BCUT2D eigenvalue weighted by atomic mass is 10.1. The van der Waals surface area contributed by atoms with Gasteiger partial charge < -0.3 is 10.1 Å². The van der Waals surface area contributed by atoms with E-state index in [-0.39, 0.29) is 11.4 Å². The highest BCUT2D eigenvalue weighted by Crippen LogP contribution is 2.46. The van der Waals surface area contributed by atoms with E-state index in [0.29, 0.717) is 12.1 Å². The number of hydrogen-bond acceptors (Lipinski definition) is 4. The Balaban J connectivity index is 1.94. The lowest BCUT2D eigenvalue weighted by Gasteiger charge is -2.14. The number of carbonyl (C=O) groups is 1. The lowest BCUT2D eigenvalue weighted by Crippen LogP contribution is -2.25. The van der Waals surface area contributed by atoms with Gasteiger partial charge >= 0.3 is 5.97 Å². The van der Waals surface area contributed by atoms with Crippen molar-refractivity contribution in [3.8, 4) is 6.07 Å². The summed E-state index contributed by atoms with van der Waals surface area (Å²) < 4.78 is 4.78. The molecule has 0 heterocycles. The number of carbonyl (C=O) groups excluding carboxylic acids is 1. The van der Waals surface area contributed by atoms with Gasteiger partial charge in [0.2, 0.25) is 0 Å². The van der Waals surface area contributed by atoms with Gasteiger partial charge in [-0.3, -0.25) is 4.79 Å². The SMILES string of the molecule is COC(=O)C1(CNc2ccc(C#N)cc2)CC1. The molecule has 0 bridgehead atoms. The molecule has 1 aromatic carbocycles. The number of nitrogens with one attached hydrogen (secondary N) is 1. The molecule has 0 unspecified atom stereocenters. The van der Waals surface area contributed by atoms with Crippen LogP contribution in [0.2, 0.25) is 0 Å². The molecule has 1 aromatic rings. The summed E-state index contributed by atoms with van der Waals surface area (Å²) in [5, 5.41) is 11.9. The summed E-state index contributed by atoms with van der Waals surface area (Å²) in [4.78, 5) is 11.5. The number of hydrogen-bond donors (Lipinski definition) is 1. The van der Waals surface area contributed by atoms with Gasteiger partial charge in [-0.2, -0.15) is 5.26 Å². The molecule has 1 aliphatic carbocycles. The fourth-order valence-corrected chi connectivity index (χ4v) is 1.75. The molecular weight excluding hydrogens is 216 g/mol. The fourth-order valence-electron chi connectivity index (χ4n) is 1.75. The summed E-state index contributed by atoms with van der Waals surface area (Å²) in [5.74, 6) is -0.140. The van der Waals surface area contributed by atoms with E-state index in [1.54, 1.807) is 12.1 Å². The largest absolute Gasteiger partial charge is 0.469 e. The molecule has 0 aliphatic heterocycles. The first-order valence-corrected chi connectivity index (χ1v) is 5.53. The molecule has 1 saturated carbocycles. The monoisotopic (exact) mass is 230 g/mol. The number of benzene rings is 1. The van der Waals surface area contributed by atoms with E-state index in [0.717, 1.165) is 18.5 Å². The second kappa shape index (κ2) is 4.46. The predicted octanol–water partition coefficient (Wildman–Crippen LogP) is 1.92. The molecule has 4 nitrogen and oxygen atoms in total. The van der Waals surface area contributed by atoms with E-state index >= 15 is 0 Å². The van der Waals surface area contributed by atoms with Gasteiger partial charge in [-0.15, -0.1) is 0 Å². The van der Waals surface area contributed by atoms with E-state index in [1.807, 2.05) is 12.1 Å². The highest BCUT2D eigenvalue weighted by atomic mass is 16.5. The second-order valence-corrected chi connectivity index (χ2v) is 4.31. The van der Waals surface area contributed by atoms with Crippen LogP contribution in [0.5, 0.6) is 0 Å². The maximum absolute atomic E-state index is 11.5. The molecule has 88 valence electrons. The minimum absolute atomic E-state index is 0.140. The van der Waals surface area contributed by atoms with Crippen LogP contribution < -0.4 is 5.32 Å². The Morgan fingerprint density at radius 3 is 2.59 bits per heavy atom. The molecular formula is C13H14N2O2. The predicted molar refractivity (Wildman–Crippen MR) is 63.3 cm³/mol. The Kier molecular flexibility index (Phi) is 3.01. The van der Waals surface area contributed by atoms with Crippen molar-refractivity contribution in [2.75, 3.05) is 19.0 Å². The molecule has 0 saturated heterocycles. The van der Waals surface area contributed by atoms with Crippen LogP contribution in [0.1, 0.15) is 18.4 Å². The topological polar surface area (TPSA) is 62.1 Å². The van der Waals surface area contributed by atoms with Crippen molar-refractivity contribution < 1.29 is 9.53 Å². The summed E-state index contributed by atoms with van der Waals surface area (Å²) in [6.45, 7) is 0.589. The van der Waals surface area contributed by atoms with Crippen LogP contribution in [0.4, 0.5) is 5.69 Å². The first kappa shape index (κ1) is 11.5. The van der Waals surface area contributed by atoms with Gasteiger partial charge in [0.15, 0.2) is 0 Å². The highest BCUT2D eigenvalue weighted by molar-refractivity contribution is 5.80. The Morgan fingerprint density at radius 2 is 2.12 bits per heavy atom. The zero-order chi connectivity index (χ0) is 12.3. The Bertz CT molecular complexity index is 455. The van der Waals surface area contributed by atoms with Crippen LogP contribution in [0, 0.1) is 16.7 Å². The fraction of sp³-hybridized carbons (Fsp3) is 0.385. The number of nitrogens with zero attached hydrogens (tertiary/aromatic N) is 1. The third kappa shape index (κ3) is 2.39. The van der Waals surface area contributed by atoms with Crippen LogP contribution in [0.3, 0.4) is 0 Å².